The average Bonchev–Trinajstić information content (AvgIpc) is 3.09. The summed E-state index contributed by atoms with van der Waals surface area (Å²) >= 11 is 2.04. The van der Waals surface area contributed by atoms with E-state index in [4.69, 9.17) is 0 Å². The van der Waals surface area contributed by atoms with Gasteiger partial charge in [0, 0.05) is 15.1 Å². The summed E-state index contributed by atoms with van der Waals surface area (Å²) in [6, 6.07) is 13.9. The molecule has 0 saturated carbocycles. The van der Waals surface area contributed by atoms with Crippen LogP contribution in [-0.2, 0) is 0 Å². The minimum absolute atomic E-state index is 0.159. The second-order valence-corrected chi connectivity index (χ2v) is 7.18. The standard InChI is InChI=1S/C19H17FIN3O2/c1-11(12-5-3-2-4-6-12)17(24-19(25)26)18-22-10-16(23-18)14-8-7-13(21)9-15(14)20/h2-11,17,24H,1H3,(H,22,23)(H,25,26)/t11-,17-/m0/s1. The molecule has 0 spiro atoms. The number of amides is 1. The molecule has 3 aromatic rings. The van der Waals surface area contributed by atoms with Gasteiger partial charge in [-0.25, -0.2) is 14.2 Å². The minimum Gasteiger partial charge on any atom is -0.465 e. The zero-order chi connectivity index (χ0) is 18.7. The largest absolute Gasteiger partial charge is 0.465 e. The third-order valence-corrected chi connectivity index (χ3v) is 4.89. The summed E-state index contributed by atoms with van der Waals surface area (Å²) in [6.45, 7) is 1.92. The highest BCUT2D eigenvalue weighted by Crippen LogP contribution is 2.31. The lowest BCUT2D eigenvalue weighted by atomic mass is 9.93. The first-order chi connectivity index (χ1) is 12.5. The van der Waals surface area contributed by atoms with Gasteiger partial charge in [0.25, 0.3) is 0 Å². The van der Waals surface area contributed by atoms with Crippen LogP contribution < -0.4 is 5.32 Å². The van der Waals surface area contributed by atoms with Crippen molar-refractivity contribution in [3.8, 4) is 11.3 Å². The van der Waals surface area contributed by atoms with Crippen molar-refractivity contribution in [2.45, 2.75) is 18.9 Å². The number of hydrogen-bond donors (Lipinski definition) is 3. The molecule has 26 heavy (non-hydrogen) atoms. The van der Waals surface area contributed by atoms with Gasteiger partial charge < -0.3 is 15.4 Å². The van der Waals surface area contributed by atoms with Gasteiger partial charge in [-0.05, 0) is 46.4 Å². The lowest BCUT2D eigenvalue weighted by molar-refractivity contribution is 0.187. The van der Waals surface area contributed by atoms with E-state index in [2.05, 4.69) is 15.3 Å². The number of rotatable bonds is 5. The van der Waals surface area contributed by atoms with E-state index in [0.717, 1.165) is 9.13 Å². The lowest BCUT2D eigenvalue weighted by Gasteiger charge is -2.22. The quantitative estimate of drug-likeness (QED) is 0.468. The van der Waals surface area contributed by atoms with Crippen molar-refractivity contribution in [2.24, 2.45) is 0 Å². The summed E-state index contributed by atoms with van der Waals surface area (Å²) in [7, 11) is 0. The van der Waals surface area contributed by atoms with Crippen LogP contribution >= 0.6 is 22.6 Å². The van der Waals surface area contributed by atoms with Crippen LogP contribution in [0.2, 0.25) is 0 Å². The molecule has 3 rings (SSSR count). The molecule has 0 aliphatic carbocycles. The minimum atomic E-state index is -1.14. The molecule has 0 saturated heterocycles. The van der Waals surface area contributed by atoms with Crippen molar-refractivity contribution < 1.29 is 14.3 Å². The second-order valence-electron chi connectivity index (χ2n) is 5.93. The number of carbonyl (C=O) groups is 1. The van der Waals surface area contributed by atoms with E-state index in [0.29, 0.717) is 17.1 Å². The van der Waals surface area contributed by atoms with Crippen molar-refractivity contribution in [1.82, 2.24) is 15.3 Å². The predicted octanol–water partition coefficient (Wildman–Crippen LogP) is 4.93. The first-order valence-corrected chi connectivity index (χ1v) is 9.08. The van der Waals surface area contributed by atoms with Gasteiger partial charge in [-0.1, -0.05) is 37.3 Å². The summed E-state index contributed by atoms with van der Waals surface area (Å²) < 4.78 is 15.0. The number of halogens is 2. The summed E-state index contributed by atoms with van der Waals surface area (Å²) in [6.07, 6.45) is 0.380. The van der Waals surface area contributed by atoms with E-state index in [-0.39, 0.29) is 11.7 Å². The van der Waals surface area contributed by atoms with Crippen LogP contribution in [0.25, 0.3) is 11.3 Å². The molecule has 0 aliphatic heterocycles. The molecule has 2 aromatic carbocycles. The number of aromatic amines is 1. The van der Waals surface area contributed by atoms with Gasteiger partial charge in [-0.3, -0.25) is 0 Å². The molecular formula is C19H17FIN3O2. The number of aromatic nitrogens is 2. The van der Waals surface area contributed by atoms with Crippen molar-refractivity contribution in [2.75, 3.05) is 0 Å². The van der Waals surface area contributed by atoms with E-state index in [1.807, 2.05) is 59.8 Å². The molecule has 3 N–H and O–H groups in total. The normalized spacial score (nSPS) is 13.2. The number of H-pyrrole nitrogens is 1. The summed E-state index contributed by atoms with van der Waals surface area (Å²) in [5.74, 6) is -0.0736. The molecule has 134 valence electrons. The van der Waals surface area contributed by atoms with E-state index >= 15 is 0 Å². The molecule has 0 radical (unpaired) electrons. The Morgan fingerprint density at radius 3 is 2.65 bits per heavy atom. The molecular weight excluding hydrogens is 448 g/mol. The maximum absolute atomic E-state index is 14.2. The molecule has 0 bridgehead atoms. The van der Waals surface area contributed by atoms with E-state index in [1.165, 1.54) is 12.3 Å². The number of imidazole rings is 1. The van der Waals surface area contributed by atoms with Crippen LogP contribution in [0.3, 0.4) is 0 Å². The van der Waals surface area contributed by atoms with Crippen LogP contribution in [0, 0.1) is 9.39 Å². The molecule has 7 heteroatoms. The maximum atomic E-state index is 14.2. The van der Waals surface area contributed by atoms with Crippen molar-refractivity contribution in [3.05, 3.63) is 75.5 Å². The zero-order valence-corrected chi connectivity index (χ0v) is 16.1. The fourth-order valence-electron chi connectivity index (χ4n) is 2.85. The SMILES string of the molecule is C[C@@H](c1ccccc1)[C@H](NC(=O)O)c1ncc(-c2ccc(I)cc2F)[nH]1. The third-order valence-electron chi connectivity index (χ3n) is 4.22. The Morgan fingerprint density at radius 2 is 2.00 bits per heavy atom. The lowest BCUT2D eigenvalue weighted by Crippen LogP contribution is -2.31. The van der Waals surface area contributed by atoms with Crippen LogP contribution in [0.1, 0.15) is 30.3 Å². The smallest absolute Gasteiger partial charge is 0.405 e. The van der Waals surface area contributed by atoms with Crippen molar-refractivity contribution in [3.63, 3.8) is 0 Å². The summed E-state index contributed by atoms with van der Waals surface area (Å²) in [4.78, 5) is 18.6. The van der Waals surface area contributed by atoms with Gasteiger partial charge in [0.2, 0.25) is 0 Å². The first kappa shape index (κ1) is 18.4. The Bertz CT molecular complexity index is 914. The van der Waals surface area contributed by atoms with Crippen LogP contribution in [-0.4, -0.2) is 21.2 Å². The van der Waals surface area contributed by atoms with E-state index in [1.54, 1.807) is 12.1 Å². The number of hydrogen-bond acceptors (Lipinski definition) is 2. The highest BCUT2D eigenvalue weighted by molar-refractivity contribution is 14.1. The van der Waals surface area contributed by atoms with E-state index in [9.17, 15) is 14.3 Å². The fraction of sp³-hybridized carbons (Fsp3) is 0.158. The van der Waals surface area contributed by atoms with Gasteiger partial charge in [0.1, 0.15) is 11.6 Å². The Labute approximate surface area is 163 Å². The number of nitrogens with zero attached hydrogens (tertiary/aromatic N) is 1. The Kier molecular flexibility index (Phi) is 5.55. The molecule has 5 nitrogen and oxygen atoms in total. The van der Waals surface area contributed by atoms with Gasteiger partial charge >= 0.3 is 6.09 Å². The maximum Gasteiger partial charge on any atom is 0.405 e. The molecule has 0 fully saturated rings. The fourth-order valence-corrected chi connectivity index (χ4v) is 3.30. The van der Waals surface area contributed by atoms with Crippen LogP contribution in [0.4, 0.5) is 9.18 Å². The molecule has 1 heterocycles. The number of carboxylic acid groups (broad SMARTS) is 1. The highest BCUT2D eigenvalue weighted by Gasteiger charge is 2.25. The third kappa shape index (κ3) is 4.04. The number of nitrogens with one attached hydrogen (secondary N) is 2. The molecule has 1 aromatic heterocycles. The summed E-state index contributed by atoms with van der Waals surface area (Å²) in [5, 5.41) is 11.7. The Balaban J connectivity index is 1.95. The van der Waals surface area contributed by atoms with Crippen molar-refractivity contribution >= 4 is 28.7 Å². The first-order valence-electron chi connectivity index (χ1n) is 8.00. The van der Waals surface area contributed by atoms with E-state index < -0.39 is 12.1 Å². The molecule has 1 amide bonds. The topological polar surface area (TPSA) is 78.0 Å². The van der Waals surface area contributed by atoms with Crippen molar-refractivity contribution in [1.29, 1.82) is 0 Å². The Hall–Kier alpha value is -2.42. The number of benzene rings is 2. The monoisotopic (exact) mass is 465 g/mol. The van der Waals surface area contributed by atoms with Gasteiger partial charge in [-0.2, -0.15) is 0 Å². The average molecular weight is 465 g/mol. The molecule has 0 aliphatic rings. The van der Waals surface area contributed by atoms with Gasteiger partial charge in [0.15, 0.2) is 0 Å². The van der Waals surface area contributed by atoms with Crippen LogP contribution in [0.5, 0.6) is 0 Å². The highest BCUT2D eigenvalue weighted by atomic mass is 127. The van der Waals surface area contributed by atoms with Crippen LogP contribution in [0.15, 0.2) is 54.7 Å². The second kappa shape index (κ2) is 7.86. The summed E-state index contributed by atoms with van der Waals surface area (Å²) in [5.41, 5.74) is 1.88. The zero-order valence-electron chi connectivity index (χ0n) is 13.9. The Morgan fingerprint density at radius 1 is 1.27 bits per heavy atom. The predicted molar refractivity (Wildman–Crippen MR) is 105 cm³/mol. The van der Waals surface area contributed by atoms with Gasteiger partial charge in [-0.15, -0.1) is 0 Å². The molecule has 2 atom stereocenters. The van der Waals surface area contributed by atoms with Gasteiger partial charge in [0.05, 0.1) is 17.9 Å². The molecule has 0 unspecified atom stereocenters.